The Balaban J connectivity index is 1.30. The van der Waals surface area contributed by atoms with E-state index in [9.17, 15) is 12.8 Å². The molecule has 6 nitrogen and oxygen atoms in total. The Morgan fingerprint density at radius 1 is 1.06 bits per heavy atom. The van der Waals surface area contributed by atoms with Crippen molar-refractivity contribution in [2.45, 2.75) is 43.5 Å². The van der Waals surface area contributed by atoms with E-state index in [1.807, 2.05) is 23.0 Å². The van der Waals surface area contributed by atoms with Crippen molar-refractivity contribution in [1.29, 1.82) is 0 Å². The number of hydrogen-bond acceptors (Lipinski definition) is 3. The summed E-state index contributed by atoms with van der Waals surface area (Å²) in [5.74, 6) is 0.0316. The molecule has 172 valence electrons. The van der Waals surface area contributed by atoms with Gasteiger partial charge in [-0.15, -0.1) is 0 Å². The molecule has 0 spiro atoms. The highest BCUT2D eigenvalue weighted by Gasteiger charge is 2.30. The van der Waals surface area contributed by atoms with E-state index in [1.165, 1.54) is 17.7 Å². The number of piperidine rings is 1. The van der Waals surface area contributed by atoms with Gasteiger partial charge in [-0.1, -0.05) is 13.0 Å². The van der Waals surface area contributed by atoms with E-state index in [2.05, 4.69) is 24.2 Å². The molecule has 1 fully saturated rings. The lowest BCUT2D eigenvalue weighted by Crippen LogP contribution is -2.37. The Hall–Kier alpha value is -2.97. The number of fused-ring (bicyclic) bond motifs is 1. The van der Waals surface area contributed by atoms with Gasteiger partial charge in [0.15, 0.2) is 0 Å². The summed E-state index contributed by atoms with van der Waals surface area (Å²) >= 11 is 0. The van der Waals surface area contributed by atoms with Crippen LogP contribution in [0.2, 0.25) is 0 Å². The van der Waals surface area contributed by atoms with Crippen LogP contribution in [0, 0.1) is 5.82 Å². The van der Waals surface area contributed by atoms with Crippen LogP contribution in [0.15, 0.2) is 72.0 Å². The fourth-order valence-electron chi connectivity index (χ4n) is 4.64. The van der Waals surface area contributed by atoms with Crippen LogP contribution in [0.25, 0.3) is 16.6 Å². The van der Waals surface area contributed by atoms with Gasteiger partial charge in [0.2, 0.25) is 10.0 Å². The Bertz CT molecular complexity index is 1370. The van der Waals surface area contributed by atoms with Crippen molar-refractivity contribution < 1.29 is 12.8 Å². The van der Waals surface area contributed by atoms with Crippen LogP contribution in [-0.4, -0.2) is 40.2 Å². The number of nitrogens with zero attached hydrogens (tertiary/aromatic N) is 4. The third-order valence-corrected chi connectivity index (χ3v) is 8.31. The van der Waals surface area contributed by atoms with Gasteiger partial charge in [-0.05, 0) is 73.2 Å². The number of benzene rings is 2. The average Bonchev–Trinajstić information content (AvgIpc) is 3.47. The minimum atomic E-state index is -3.46. The Morgan fingerprint density at radius 2 is 1.82 bits per heavy atom. The minimum absolute atomic E-state index is 0.274. The fraction of sp³-hybridized carbons (Fsp3) is 0.320. The number of rotatable bonds is 6. The van der Waals surface area contributed by atoms with E-state index in [0.29, 0.717) is 23.9 Å². The molecule has 1 saturated heterocycles. The van der Waals surface area contributed by atoms with Crippen LogP contribution in [0.1, 0.15) is 37.7 Å². The van der Waals surface area contributed by atoms with Crippen molar-refractivity contribution >= 4 is 20.9 Å². The highest BCUT2D eigenvalue weighted by atomic mass is 32.2. The standard InChI is InChI=1S/C25H27FN4O2S/c1-2-12-28-13-11-24(18-28)33(31,32)29-14-9-19(10-15-29)20-3-8-25-21(16-20)17-27-30(25)23-6-4-22(26)5-7-23/h3-8,11,13,16-19H,2,9-10,12,14-15H2,1H3. The Morgan fingerprint density at radius 3 is 2.55 bits per heavy atom. The number of halogens is 1. The summed E-state index contributed by atoms with van der Waals surface area (Å²) in [6.07, 6.45) is 7.93. The molecular formula is C25H27FN4O2S. The second-order valence-corrected chi connectivity index (χ2v) is 10.6. The zero-order valence-corrected chi connectivity index (χ0v) is 19.4. The molecule has 0 unspecified atom stereocenters. The molecule has 2 aromatic heterocycles. The van der Waals surface area contributed by atoms with E-state index >= 15 is 0 Å². The maximum atomic E-state index is 13.3. The normalized spacial score (nSPS) is 15.9. The largest absolute Gasteiger partial charge is 0.353 e. The predicted octanol–water partition coefficient (Wildman–Crippen LogP) is 4.94. The summed E-state index contributed by atoms with van der Waals surface area (Å²) in [4.78, 5) is 0.379. The van der Waals surface area contributed by atoms with Crippen LogP contribution >= 0.6 is 0 Å². The molecule has 0 atom stereocenters. The monoisotopic (exact) mass is 466 g/mol. The molecule has 33 heavy (non-hydrogen) atoms. The first-order chi connectivity index (χ1) is 16.0. The molecule has 2 aromatic carbocycles. The molecule has 3 heterocycles. The van der Waals surface area contributed by atoms with Gasteiger partial charge in [0, 0.05) is 37.4 Å². The molecule has 0 radical (unpaired) electrons. The van der Waals surface area contributed by atoms with Gasteiger partial charge in [-0.25, -0.2) is 17.5 Å². The van der Waals surface area contributed by atoms with Crippen molar-refractivity contribution in [1.82, 2.24) is 18.7 Å². The topological polar surface area (TPSA) is 60.1 Å². The SMILES string of the molecule is CCCn1ccc(S(=O)(=O)N2CCC(c3ccc4c(cnn4-c4ccc(F)cc4)c3)CC2)c1. The number of aryl methyl sites for hydroxylation is 1. The Labute approximate surface area is 193 Å². The lowest BCUT2D eigenvalue weighted by Gasteiger charge is -2.31. The molecule has 0 aliphatic carbocycles. The third kappa shape index (κ3) is 4.20. The van der Waals surface area contributed by atoms with Crippen LogP contribution in [0.3, 0.4) is 0 Å². The molecule has 1 aliphatic heterocycles. The number of aromatic nitrogens is 3. The van der Waals surface area contributed by atoms with E-state index in [4.69, 9.17) is 0 Å². The van der Waals surface area contributed by atoms with Gasteiger partial charge in [0.25, 0.3) is 0 Å². The molecule has 0 bridgehead atoms. The van der Waals surface area contributed by atoms with Gasteiger partial charge in [0.05, 0.1) is 22.3 Å². The van der Waals surface area contributed by atoms with Crippen LogP contribution in [0.4, 0.5) is 4.39 Å². The molecule has 0 N–H and O–H groups in total. The smallest absolute Gasteiger partial charge is 0.244 e. The molecule has 0 amide bonds. The summed E-state index contributed by atoms with van der Waals surface area (Å²) in [5.41, 5.74) is 2.97. The molecule has 1 aliphatic rings. The van der Waals surface area contributed by atoms with Crippen molar-refractivity contribution in [3.63, 3.8) is 0 Å². The van der Waals surface area contributed by atoms with Gasteiger partial charge in [-0.3, -0.25) is 0 Å². The molecule has 8 heteroatoms. The minimum Gasteiger partial charge on any atom is -0.353 e. The average molecular weight is 467 g/mol. The van der Waals surface area contributed by atoms with Crippen molar-refractivity contribution in [3.8, 4) is 5.69 Å². The van der Waals surface area contributed by atoms with Crippen LogP contribution < -0.4 is 0 Å². The molecular weight excluding hydrogens is 439 g/mol. The van der Waals surface area contributed by atoms with E-state index in [0.717, 1.165) is 42.4 Å². The Kier molecular flexibility index (Phi) is 5.80. The van der Waals surface area contributed by atoms with Crippen molar-refractivity contribution in [3.05, 3.63) is 78.5 Å². The number of sulfonamides is 1. The fourth-order valence-corrected chi connectivity index (χ4v) is 6.13. The van der Waals surface area contributed by atoms with Crippen LogP contribution in [-0.2, 0) is 16.6 Å². The summed E-state index contributed by atoms with van der Waals surface area (Å²) in [7, 11) is -3.46. The zero-order chi connectivity index (χ0) is 23.0. The number of hydrogen-bond donors (Lipinski definition) is 0. The first kappa shape index (κ1) is 21.9. The quantitative estimate of drug-likeness (QED) is 0.404. The summed E-state index contributed by atoms with van der Waals surface area (Å²) < 4.78 is 44.7. The van der Waals surface area contributed by atoms with E-state index in [-0.39, 0.29) is 5.82 Å². The highest BCUT2D eigenvalue weighted by Crippen LogP contribution is 2.33. The molecule has 5 rings (SSSR count). The second kappa shape index (κ2) is 8.76. The van der Waals surface area contributed by atoms with Crippen molar-refractivity contribution in [2.75, 3.05) is 13.1 Å². The maximum absolute atomic E-state index is 13.3. The van der Waals surface area contributed by atoms with Crippen LogP contribution in [0.5, 0.6) is 0 Å². The predicted molar refractivity (Wildman–Crippen MR) is 126 cm³/mol. The lowest BCUT2D eigenvalue weighted by molar-refractivity contribution is 0.319. The zero-order valence-electron chi connectivity index (χ0n) is 18.6. The molecule has 0 saturated carbocycles. The first-order valence-corrected chi connectivity index (χ1v) is 12.8. The van der Waals surface area contributed by atoms with E-state index in [1.54, 1.807) is 33.4 Å². The van der Waals surface area contributed by atoms with Gasteiger partial charge in [-0.2, -0.15) is 9.40 Å². The van der Waals surface area contributed by atoms with Gasteiger partial charge < -0.3 is 4.57 Å². The van der Waals surface area contributed by atoms with Gasteiger partial charge in [0.1, 0.15) is 5.82 Å². The summed E-state index contributed by atoms with van der Waals surface area (Å²) in [6.45, 7) is 3.92. The summed E-state index contributed by atoms with van der Waals surface area (Å²) in [5, 5.41) is 5.50. The lowest BCUT2D eigenvalue weighted by atomic mass is 9.90. The first-order valence-electron chi connectivity index (χ1n) is 11.4. The maximum Gasteiger partial charge on any atom is 0.244 e. The summed E-state index contributed by atoms with van der Waals surface area (Å²) in [6, 6.07) is 14.3. The van der Waals surface area contributed by atoms with Gasteiger partial charge >= 0.3 is 0 Å². The van der Waals surface area contributed by atoms with Crippen molar-refractivity contribution in [2.24, 2.45) is 0 Å². The highest BCUT2D eigenvalue weighted by molar-refractivity contribution is 7.89. The van der Waals surface area contributed by atoms with E-state index < -0.39 is 10.0 Å². The second-order valence-electron chi connectivity index (χ2n) is 8.61. The third-order valence-electron chi connectivity index (χ3n) is 6.43. The molecule has 4 aromatic rings.